The highest BCUT2D eigenvalue weighted by atomic mass is 35.5. The molecule has 0 unspecified atom stereocenters. The Kier molecular flexibility index (Phi) is 4.18. The molecule has 0 radical (unpaired) electrons. The van der Waals surface area contributed by atoms with Gasteiger partial charge in [-0.15, -0.1) is 11.3 Å². The molecule has 0 atom stereocenters. The number of hydrogen-bond acceptors (Lipinski definition) is 3. The summed E-state index contributed by atoms with van der Waals surface area (Å²) in [5, 5.41) is 0.503. The summed E-state index contributed by atoms with van der Waals surface area (Å²) in [4.78, 5) is 1.04. The molecule has 0 saturated heterocycles. The van der Waals surface area contributed by atoms with Crippen molar-refractivity contribution >= 4 is 38.6 Å². The topological polar surface area (TPSA) is 46.2 Å². The Hall–Kier alpha value is -1.04. The molecule has 0 aliphatic rings. The molecule has 19 heavy (non-hydrogen) atoms. The van der Waals surface area contributed by atoms with Crippen LogP contribution in [0.5, 0.6) is 0 Å². The van der Waals surface area contributed by atoms with Gasteiger partial charge in [0.05, 0.1) is 5.69 Å². The van der Waals surface area contributed by atoms with Crippen LogP contribution in [0.25, 0.3) is 0 Å². The number of thiophene rings is 1. The van der Waals surface area contributed by atoms with Crippen LogP contribution >= 0.6 is 22.9 Å². The zero-order valence-electron chi connectivity index (χ0n) is 10.6. The van der Waals surface area contributed by atoms with Crippen molar-refractivity contribution in [2.24, 2.45) is 0 Å². The van der Waals surface area contributed by atoms with Crippen LogP contribution in [0.4, 0.5) is 5.69 Å². The van der Waals surface area contributed by atoms with Gasteiger partial charge in [0.1, 0.15) is 4.21 Å². The van der Waals surface area contributed by atoms with Crippen molar-refractivity contribution in [2.45, 2.75) is 24.5 Å². The second-order valence-corrected chi connectivity index (χ2v) is 7.65. The highest BCUT2D eigenvalue weighted by Crippen LogP contribution is 2.27. The van der Waals surface area contributed by atoms with Gasteiger partial charge in [-0.3, -0.25) is 4.72 Å². The minimum atomic E-state index is -3.53. The van der Waals surface area contributed by atoms with Crippen LogP contribution in [0.3, 0.4) is 0 Å². The Bertz CT molecular complexity index is 692. The van der Waals surface area contributed by atoms with Crippen LogP contribution in [0.2, 0.25) is 5.02 Å². The number of benzene rings is 1. The van der Waals surface area contributed by atoms with Crippen molar-refractivity contribution < 1.29 is 8.42 Å². The molecule has 0 fully saturated rings. The van der Waals surface area contributed by atoms with E-state index in [4.69, 9.17) is 11.6 Å². The summed E-state index contributed by atoms with van der Waals surface area (Å²) in [7, 11) is -3.53. The molecule has 0 saturated carbocycles. The molecule has 0 aliphatic heterocycles. The van der Waals surface area contributed by atoms with Gasteiger partial charge < -0.3 is 0 Å². The third-order valence-corrected chi connectivity index (χ3v) is 6.02. The average Bonchev–Trinajstić information content (AvgIpc) is 2.83. The summed E-state index contributed by atoms with van der Waals surface area (Å²) in [6.45, 7) is 3.83. The van der Waals surface area contributed by atoms with E-state index < -0.39 is 10.0 Å². The molecule has 1 N–H and O–H groups in total. The number of sulfonamides is 1. The molecule has 102 valence electrons. The minimum absolute atomic E-state index is 0.323. The lowest BCUT2D eigenvalue weighted by Crippen LogP contribution is -2.12. The Balaban J connectivity index is 2.33. The predicted octanol–water partition coefficient (Wildman–Crippen LogP) is 4.07. The first kappa shape index (κ1) is 14.4. The molecule has 2 rings (SSSR count). The maximum absolute atomic E-state index is 12.3. The Morgan fingerprint density at radius 3 is 2.63 bits per heavy atom. The maximum atomic E-state index is 12.3. The molecule has 0 bridgehead atoms. The van der Waals surface area contributed by atoms with Gasteiger partial charge in [-0.25, -0.2) is 8.42 Å². The lowest BCUT2D eigenvalue weighted by molar-refractivity contribution is 0.603. The second-order valence-electron chi connectivity index (χ2n) is 4.14. The lowest BCUT2D eigenvalue weighted by atomic mass is 10.2. The normalized spacial score (nSPS) is 11.5. The first-order chi connectivity index (χ1) is 8.92. The van der Waals surface area contributed by atoms with E-state index in [9.17, 15) is 8.42 Å². The number of nitrogens with one attached hydrogen (secondary N) is 1. The summed E-state index contributed by atoms with van der Waals surface area (Å²) in [5.74, 6) is 0. The minimum Gasteiger partial charge on any atom is -0.279 e. The Morgan fingerprint density at radius 2 is 2.00 bits per heavy atom. The van der Waals surface area contributed by atoms with Gasteiger partial charge in [-0.1, -0.05) is 24.6 Å². The summed E-state index contributed by atoms with van der Waals surface area (Å²) in [6, 6.07) is 8.60. The number of hydrogen-bond donors (Lipinski definition) is 1. The van der Waals surface area contributed by atoms with Gasteiger partial charge in [-0.2, -0.15) is 0 Å². The summed E-state index contributed by atoms with van der Waals surface area (Å²) < 4.78 is 27.4. The van der Waals surface area contributed by atoms with E-state index in [0.29, 0.717) is 14.9 Å². The number of anilines is 1. The van der Waals surface area contributed by atoms with Crippen molar-refractivity contribution in [3.05, 3.63) is 45.8 Å². The number of rotatable bonds is 4. The van der Waals surface area contributed by atoms with E-state index >= 15 is 0 Å². The monoisotopic (exact) mass is 315 g/mol. The SMILES string of the molecule is CCc1ccc(S(=O)(=O)Nc2cc(Cl)ccc2C)s1. The van der Waals surface area contributed by atoms with Gasteiger partial charge in [0.25, 0.3) is 10.0 Å². The molecule has 1 aromatic carbocycles. The zero-order valence-corrected chi connectivity index (χ0v) is 13.0. The lowest BCUT2D eigenvalue weighted by Gasteiger charge is -2.09. The number of aryl methyl sites for hydroxylation is 2. The van der Waals surface area contributed by atoms with Crippen molar-refractivity contribution in [2.75, 3.05) is 4.72 Å². The fourth-order valence-corrected chi connectivity index (χ4v) is 4.18. The van der Waals surface area contributed by atoms with Gasteiger partial charge >= 0.3 is 0 Å². The van der Waals surface area contributed by atoms with E-state index in [0.717, 1.165) is 16.9 Å². The highest BCUT2D eigenvalue weighted by molar-refractivity contribution is 7.94. The van der Waals surface area contributed by atoms with Crippen molar-refractivity contribution in [3.8, 4) is 0 Å². The molecule has 0 spiro atoms. The van der Waals surface area contributed by atoms with Gasteiger partial charge in [0, 0.05) is 9.90 Å². The molecule has 1 heterocycles. The highest BCUT2D eigenvalue weighted by Gasteiger charge is 2.17. The molecular formula is C13H14ClNO2S2. The average molecular weight is 316 g/mol. The van der Waals surface area contributed by atoms with Crippen molar-refractivity contribution in [1.29, 1.82) is 0 Å². The van der Waals surface area contributed by atoms with E-state index in [1.807, 2.05) is 19.9 Å². The Morgan fingerprint density at radius 1 is 1.26 bits per heavy atom. The van der Waals surface area contributed by atoms with Crippen molar-refractivity contribution in [3.63, 3.8) is 0 Å². The van der Waals surface area contributed by atoms with E-state index in [-0.39, 0.29) is 0 Å². The third kappa shape index (κ3) is 3.29. The maximum Gasteiger partial charge on any atom is 0.271 e. The van der Waals surface area contributed by atoms with Gasteiger partial charge in [0.15, 0.2) is 0 Å². The zero-order chi connectivity index (χ0) is 14.0. The molecule has 0 amide bonds. The Labute approximate surface area is 122 Å². The van der Waals surface area contributed by atoms with E-state index in [2.05, 4.69) is 4.72 Å². The predicted molar refractivity (Wildman–Crippen MR) is 80.7 cm³/mol. The van der Waals surface area contributed by atoms with Crippen LogP contribution < -0.4 is 4.72 Å². The van der Waals surface area contributed by atoms with Crippen LogP contribution in [-0.2, 0) is 16.4 Å². The van der Waals surface area contributed by atoms with Crippen LogP contribution in [-0.4, -0.2) is 8.42 Å². The van der Waals surface area contributed by atoms with Crippen LogP contribution in [0, 0.1) is 6.92 Å². The summed E-state index contributed by atoms with van der Waals surface area (Å²) in [5.41, 5.74) is 1.35. The molecule has 1 aromatic heterocycles. The molecule has 6 heteroatoms. The molecule has 3 nitrogen and oxygen atoms in total. The van der Waals surface area contributed by atoms with Crippen LogP contribution in [0.15, 0.2) is 34.5 Å². The molecular weight excluding hydrogens is 302 g/mol. The smallest absolute Gasteiger partial charge is 0.271 e. The third-order valence-electron chi connectivity index (χ3n) is 2.69. The fraction of sp³-hybridized carbons (Fsp3) is 0.231. The quantitative estimate of drug-likeness (QED) is 0.924. The summed E-state index contributed by atoms with van der Waals surface area (Å²) in [6.07, 6.45) is 0.830. The van der Waals surface area contributed by atoms with E-state index in [1.165, 1.54) is 11.3 Å². The standard InChI is InChI=1S/C13H14ClNO2S2/c1-3-11-6-7-13(18-11)19(16,17)15-12-8-10(14)5-4-9(12)2/h4-8,15H,3H2,1-2H3. The van der Waals surface area contributed by atoms with Gasteiger partial charge in [-0.05, 0) is 43.2 Å². The fourth-order valence-electron chi connectivity index (χ4n) is 1.59. The summed E-state index contributed by atoms with van der Waals surface area (Å²) >= 11 is 7.17. The van der Waals surface area contributed by atoms with Crippen molar-refractivity contribution in [1.82, 2.24) is 0 Å². The molecule has 0 aliphatic carbocycles. The number of halogens is 1. The van der Waals surface area contributed by atoms with Gasteiger partial charge in [0.2, 0.25) is 0 Å². The largest absolute Gasteiger partial charge is 0.279 e. The first-order valence-electron chi connectivity index (χ1n) is 5.80. The second kappa shape index (κ2) is 5.53. The van der Waals surface area contributed by atoms with Crippen LogP contribution in [0.1, 0.15) is 17.4 Å². The molecule has 2 aromatic rings. The van der Waals surface area contributed by atoms with E-state index in [1.54, 1.807) is 24.3 Å². The first-order valence-corrected chi connectivity index (χ1v) is 8.48.